The summed E-state index contributed by atoms with van der Waals surface area (Å²) in [5, 5.41) is 14.7. The minimum atomic E-state index is 0.129. The van der Waals surface area contributed by atoms with Gasteiger partial charge in [0.2, 0.25) is 5.28 Å². The van der Waals surface area contributed by atoms with Crippen molar-refractivity contribution in [2.24, 2.45) is 0 Å². The molecular weight excluding hydrogens is 448 g/mol. The number of ether oxygens (including phenoxy) is 1. The molecular formula is C26H31ClN6O. The third-order valence-corrected chi connectivity index (χ3v) is 6.16. The SMILES string of the molecule is COc1ccc(CNc2nc(Cl)nc(NCc3cccc(CN4CCCCC4)c3)c2C=N)cc1. The predicted octanol–water partition coefficient (Wildman–Crippen LogP) is 5.35. The third kappa shape index (κ3) is 6.46. The minimum Gasteiger partial charge on any atom is -0.497 e. The first-order valence-corrected chi connectivity index (χ1v) is 12.0. The number of piperidine rings is 1. The smallest absolute Gasteiger partial charge is 0.226 e. The lowest BCUT2D eigenvalue weighted by Gasteiger charge is -2.26. The highest BCUT2D eigenvalue weighted by atomic mass is 35.5. The predicted molar refractivity (Wildman–Crippen MR) is 138 cm³/mol. The van der Waals surface area contributed by atoms with Gasteiger partial charge in [0.05, 0.1) is 12.7 Å². The van der Waals surface area contributed by atoms with E-state index in [1.807, 2.05) is 24.3 Å². The van der Waals surface area contributed by atoms with E-state index >= 15 is 0 Å². The van der Waals surface area contributed by atoms with Crippen LogP contribution in [0.25, 0.3) is 0 Å². The molecule has 0 atom stereocenters. The molecule has 3 aromatic rings. The summed E-state index contributed by atoms with van der Waals surface area (Å²) in [7, 11) is 1.64. The highest BCUT2D eigenvalue weighted by molar-refractivity contribution is 6.28. The highest BCUT2D eigenvalue weighted by Crippen LogP contribution is 2.23. The maximum Gasteiger partial charge on any atom is 0.226 e. The summed E-state index contributed by atoms with van der Waals surface area (Å²) in [4.78, 5) is 11.2. The molecule has 2 aromatic carbocycles. The molecule has 178 valence electrons. The number of halogens is 1. The molecule has 0 bridgehead atoms. The van der Waals surface area contributed by atoms with Crippen molar-refractivity contribution < 1.29 is 4.74 Å². The molecule has 1 saturated heterocycles. The van der Waals surface area contributed by atoms with E-state index in [4.69, 9.17) is 21.7 Å². The standard InChI is InChI=1S/C26H31ClN6O/c1-34-22-10-8-19(9-11-22)16-29-24-23(15-28)25(32-26(27)31-24)30-17-20-6-5-7-21(14-20)18-33-12-3-2-4-13-33/h5-11,14-15,28H,2-4,12-13,16-18H2,1H3,(H2,29,30,31,32). The van der Waals surface area contributed by atoms with Gasteiger partial charge in [-0.05, 0) is 66.4 Å². The Hall–Kier alpha value is -3.16. The molecule has 0 saturated carbocycles. The lowest BCUT2D eigenvalue weighted by atomic mass is 10.1. The number of nitrogens with zero attached hydrogens (tertiary/aromatic N) is 3. The molecule has 0 unspecified atom stereocenters. The first-order valence-electron chi connectivity index (χ1n) is 11.6. The van der Waals surface area contributed by atoms with Crippen LogP contribution in [0.1, 0.15) is 41.5 Å². The van der Waals surface area contributed by atoms with E-state index in [9.17, 15) is 0 Å². The number of aromatic nitrogens is 2. The van der Waals surface area contributed by atoms with Crippen LogP contribution in [0.3, 0.4) is 0 Å². The topological polar surface area (TPSA) is 86.2 Å². The Kier molecular flexibility index (Phi) is 8.33. The lowest BCUT2D eigenvalue weighted by molar-refractivity contribution is 0.221. The Balaban J connectivity index is 1.43. The Morgan fingerprint density at radius 2 is 1.59 bits per heavy atom. The van der Waals surface area contributed by atoms with Crippen LogP contribution in [0.15, 0.2) is 48.5 Å². The maximum atomic E-state index is 7.94. The van der Waals surface area contributed by atoms with Crippen molar-refractivity contribution in [1.82, 2.24) is 14.9 Å². The van der Waals surface area contributed by atoms with Crippen LogP contribution in [0.4, 0.5) is 11.6 Å². The van der Waals surface area contributed by atoms with Crippen molar-refractivity contribution in [1.29, 1.82) is 5.41 Å². The van der Waals surface area contributed by atoms with E-state index < -0.39 is 0 Å². The van der Waals surface area contributed by atoms with Crippen molar-refractivity contribution in [2.45, 2.75) is 38.9 Å². The largest absolute Gasteiger partial charge is 0.497 e. The summed E-state index contributed by atoms with van der Waals surface area (Å²) in [5.41, 5.74) is 4.11. The molecule has 3 N–H and O–H groups in total. The van der Waals surface area contributed by atoms with Crippen molar-refractivity contribution in [3.8, 4) is 5.75 Å². The van der Waals surface area contributed by atoms with Crippen LogP contribution in [0, 0.1) is 5.41 Å². The quantitative estimate of drug-likeness (QED) is 0.269. The Morgan fingerprint density at radius 3 is 2.24 bits per heavy atom. The number of benzene rings is 2. The molecule has 0 aliphatic carbocycles. The molecule has 1 fully saturated rings. The van der Waals surface area contributed by atoms with Crippen molar-refractivity contribution in [2.75, 3.05) is 30.8 Å². The average molecular weight is 479 g/mol. The fourth-order valence-electron chi connectivity index (χ4n) is 4.18. The summed E-state index contributed by atoms with van der Waals surface area (Å²) >= 11 is 6.22. The van der Waals surface area contributed by atoms with Gasteiger partial charge in [0.25, 0.3) is 0 Å². The molecule has 0 amide bonds. The van der Waals surface area contributed by atoms with Crippen LogP contribution in [-0.4, -0.2) is 41.3 Å². The van der Waals surface area contributed by atoms with E-state index in [0.717, 1.165) is 23.4 Å². The van der Waals surface area contributed by atoms with Gasteiger partial charge in [0.1, 0.15) is 17.4 Å². The fraction of sp³-hybridized carbons (Fsp3) is 0.346. The highest BCUT2D eigenvalue weighted by Gasteiger charge is 2.13. The van der Waals surface area contributed by atoms with Gasteiger partial charge in [-0.1, -0.05) is 42.8 Å². The number of nitrogens with one attached hydrogen (secondary N) is 3. The molecule has 8 heteroatoms. The van der Waals surface area contributed by atoms with E-state index in [1.165, 1.54) is 44.1 Å². The Labute approximate surface area is 206 Å². The third-order valence-electron chi connectivity index (χ3n) is 5.99. The lowest BCUT2D eigenvalue weighted by Crippen LogP contribution is -2.29. The van der Waals surface area contributed by atoms with E-state index in [0.29, 0.717) is 30.3 Å². The minimum absolute atomic E-state index is 0.129. The molecule has 7 nitrogen and oxygen atoms in total. The number of hydrogen-bond donors (Lipinski definition) is 3. The molecule has 2 heterocycles. The average Bonchev–Trinajstić information content (AvgIpc) is 2.87. The van der Waals surface area contributed by atoms with E-state index in [1.54, 1.807) is 7.11 Å². The van der Waals surface area contributed by atoms with Gasteiger partial charge in [-0.3, -0.25) is 4.90 Å². The number of likely N-dealkylation sites (tertiary alicyclic amines) is 1. The van der Waals surface area contributed by atoms with Gasteiger partial charge >= 0.3 is 0 Å². The molecule has 1 aliphatic rings. The number of hydrogen-bond acceptors (Lipinski definition) is 7. The zero-order valence-corrected chi connectivity index (χ0v) is 20.2. The molecule has 4 rings (SSSR count). The van der Waals surface area contributed by atoms with Crippen LogP contribution in [0.2, 0.25) is 5.28 Å². The fourth-order valence-corrected chi connectivity index (χ4v) is 4.35. The zero-order chi connectivity index (χ0) is 23.8. The molecule has 1 aromatic heterocycles. The number of rotatable bonds is 10. The first kappa shape index (κ1) is 24.0. The second kappa shape index (κ2) is 11.8. The first-order chi connectivity index (χ1) is 16.6. The van der Waals surface area contributed by atoms with Crippen LogP contribution >= 0.6 is 11.6 Å². The Morgan fingerprint density at radius 1 is 0.941 bits per heavy atom. The summed E-state index contributed by atoms with van der Waals surface area (Å²) in [6.07, 6.45) is 5.17. The second-order valence-corrected chi connectivity index (χ2v) is 8.80. The second-order valence-electron chi connectivity index (χ2n) is 8.46. The van der Waals surface area contributed by atoms with Crippen LogP contribution in [0.5, 0.6) is 5.75 Å². The van der Waals surface area contributed by atoms with Gasteiger partial charge in [-0.25, -0.2) is 0 Å². The normalized spacial score (nSPS) is 13.9. The van der Waals surface area contributed by atoms with Gasteiger partial charge in [0, 0.05) is 25.8 Å². The molecule has 0 radical (unpaired) electrons. The van der Waals surface area contributed by atoms with Crippen LogP contribution < -0.4 is 15.4 Å². The summed E-state index contributed by atoms with van der Waals surface area (Å²) in [6.45, 7) is 4.46. The van der Waals surface area contributed by atoms with Crippen molar-refractivity contribution >= 4 is 29.5 Å². The molecule has 0 spiro atoms. The maximum absolute atomic E-state index is 7.94. The van der Waals surface area contributed by atoms with Crippen molar-refractivity contribution in [3.05, 3.63) is 76.1 Å². The molecule has 1 aliphatic heterocycles. The van der Waals surface area contributed by atoms with E-state index in [-0.39, 0.29) is 5.28 Å². The number of anilines is 2. The molecule has 34 heavy (non-hydrogen) atoms. The summed E-state index contributed by atoms with van der Waals surface area (Å²) in [5.74, 6) is 1.86. The van der Waals surface area contributed by atoms with Gasteiger partial charge < -0.3 is 20.8 Å². The summed E-state index contributed by atoms with van der Waals surface area (Å²) in [6, 6.07) is 16.4. The van der Waals surface area contributed by atoms with Gasteiger partial charge in [0.15, 0.2) is 0 Å². The zero-order valence-electron chi connectivity index (χ0n) is 19.5. The van der Waals surface area contributed by atoms with Crippen LogP contribution in [-0.2, 0) is 19.6 Å². The van der Waals surface area contributed by atoms with E-state index in [2.05, 4.69) is 49.8 Å². The van der Waals surface area contributed by atoms with Gasteiger partial charge in [-0.2, -0.15) is 9.97 Å². The van der Waals surface area contributed by atoms with Gasteiger partial charge in [-0.15, -0.1) is 0 Å². The summed E-state index contributed by atoms with van der Waals surface area (Å²) < 4.78 is 5.21. The monoisotopic (exact) mass is 478 g/mol. The van der Waals surface area contributed by atoms with Crippen molar-refractivity contribution in [3.63, 3.8) is 0 Å². The number of methoxy groups -OCH3 is 1. The Bertz CT molecular complexity index is 1100.